The van der Waals surface area contributed by atoms with Crippen molar-refractivity contribution in [3.63, 3.8) is 0 Å². The van der Waals surface area contributed by atoms with Crippen LogP contribution in [0.5, 0.6) is 0 Å². The third-order valence-electron chi connectivity index (χ3n) is 3.53. The molecule has 0 radical (unpaired) electrons. The Labute approximate surface area is 158 Å². The SMILES string of the molecule is CC(C)(C)NC(=O)COC(=O)CNC(=O)c1ccc(-c2ccccc2)cc1. The maximum absolute atomic E-state index is 12.1. The Kier molecular flexibility index (Phi) is 6.71. The first-order chi connectivity index (χ1) is 12.7. The highest BCUT2D eigenvalue weighted by Crippen LogP contribution is 2.19. The van der Waals surface area contributed by atoms with Crippen molar-refractivity contribution in [2.75, 3.05) is 13.2 Å². The first-order valence-corrected chi connectivity index (χ1v) is 8.65. The van der Waals surface area contributed by atoms with Gasteiger partial charge in [0.25, 0.3) is 11.8 Å². The second-order valence-corrected chi connectivity index (χ2v) is 7.08. The molecule has 6 heteroatoms. The third-order valence-corrected chi connectivity index (χ3v) is 3.53. The molecule has 0 aromatic heterocycles. The van der Waals surface area contributed by atoms with Crippen molar-refractivity contribution in [2.24, 2.45) is 0 Å². The molecule has 2 aromatic carbocycles. The molecule has 27 heavy (non-hydrogen) atoms. The summed E-state index contributed by atoms with van der Waals surface area (Å²) in [5.41, 5.74) is 2.09. The zero-order valence-corrected chi connectivity index (χ0v) is 15.7. The number of carbonyl (C=O) groups is 3. The Hall–Kier alpha value is -3.15. The number of carbonyl (C=O) groups excluding carboxylic acids is 3. The number of rotatable bonds is 6. The van der Waals surface area contributed by atoms with Gasteiger partial charge in [0.2, 0.25) is 0 Å². The van der Waals surface area contributed by atoms with Crippen molar-refractivity contribution < 1.29 is 19.1 Å². The van der Waals surface area contributed by atoms with Crippen molar-refractivity contribution in [3.8, 4) is 11.1 Å². The van der Waals surface area contributed by atoms with E-state index in [9.17, 15) is 14.4 Å². The lowest BCUT2D eigenvalue weighted by Crippen LogP contribution is -2.43. The summed E-state index contributed by atoms with van der Waals surface area (Å²) in [4.78, 5) is 35.4. The molecule has 2 aromatic rings. The van der Waals surface area contributed by atoms with Crippen LogP contribution in [0.1, 0.15) is 31.1 Å². The van der Waals surface area contributed by atoms with Gasteiger partial charge in [0.05, 0.1) is 0 Å². The predicted molar refractivity (Wildman–Crippen MR) is 103 cm³/mol. The maximum Gasteiger partial charge on any atom is 0.325 e. The van der Waals surface area contributed by atoms with Crippen LogP contribution in [0, 0.1) is 0 Å². The van der Waals surface area contributed by atoms with Gasteiger partial charge in [-0.25, -0.2) is 0 Å². The predicted octanol–water partition coefficient (Wildman–Crippen LogP) is 2.54. The van der Waals surface area contributed by atoms with Crippen LogP contribution in [0.15, 0.2) is 54.6 Å². The lowest BCUT2D eigenvalue weighted by atomic mass is 10.0. The Morgan fingerprint density at radius 3 is 2.07 bits per heavy atom. The van der Waals surface area contributed by atoms with Gasteiger partial charge in [-0.2, -0.15) is 0 Å². The fourth-order valence-corrected chi connectivity index (χ4v) is 2.35. The Bertz CT molecular complexity index is 793. The van der Waals surface area contributed by atoms with Crippen LogP contribution in [0.3, 0.4) is 0 Å². The highest BCUT2D eigenvalue weighted by atomic mass is 16.5. The van der Waals surface area contributed by atoms with Crippen LogP contribution < -0.4 is 10.6 Å². The van der Waals surface area contributed by atoms with Crippen molar-refractivity contribution in [1.82, 2.24) is 10.6 Å². The van der Waals surface area contributed by atoms with Gasteiger partial charge in [-0.05, 0) is 44.0 Å². The summed E-state index contributed by atoms with van der Waals surface area (Å²) in [7, 11) is 0. The minimum absolute atomic E-state index is 0.304. The Morgan fingerprint density at radius 2 is 1.48 bits per heavy atom. The normalized spacial score (nSPS) is 10.8. The van der Waals surface area contributed by atoms with Gasteiger partial charge in [0.1, 0.15) is 6.54 Å². The number of ether oxygens (including phenoxy) is 1. The molecule has 6 nitrogen and oxygen atoms in total. The zero-order chi connectivity index (χ0) is 19.9. The highest BCUT2D eigenvalue weighted by Gasteiger charge is 2.15. The topological polar surface area (TPSA) is 84.5 Å². The van der Waals surface area contributed by atoms with E-state index in [1.54, 1.807) is 12.1 Å². The number of benzene rings is 2. The highest BCUT2D eigenvalue weighted by molar-refractivity contribution is 5.96. The van der Waals surface area contributed by atoms with Gasteiger partial charge in [0.15, 0.2) is 6.61 Å². The lowest BCUT2D eigenvalue weighted by Gasteiger charge is -2.20. The average molecular weight is 368 g/mol. The smallest absolute Gasteiger partial charge is 0.325 e. The van der Waals surface area contributed by atoms with Crippen molar-refractivity contribution in [1.29, 1.82) is 0 Å². The quantitative estimate of drug-likeness (QED) is 0.768. The summed E-state index contributed by atoms with van der Waals surface area (Å²) >= 11 is 0. The average Bonchev–Trinajstić information content (AvgIpc) is 2.64. The molecule has 0 aliphatic carbocycles. The molecule has 0 saturated carbocycles. The van der Waals surface area contributed by atoms with E-state index in [1.165, 1.54) is 0 Å². The number of amides is 2. The standard InChI is InChI=1S/C21H24N2O4/c1-21(2,3)23-18(24)14-27-19(25)13-22-20(26)17-11-9-16(10-12-17)15-7-5-4-6-8-15/h4-12H,13-14H2,1-3H3,(H,22,26)(H,23,24). The molecule has 142 valence electrons. The number of hydrogen-bond acceptors (Lipinski definition) is 4. The van der Waals surface area contributed by atoms with Gasteiger partial charge in [-0.3, -0.25) is 14.4 Å². The summed E-state index contributed by atoms with van der Waals surface area (Å²) in [5, 5.41) is 5.17. The molecule has 0 fully saturated rings. The van der Waals surface area contributed by atoms with Crippen molar-refractivity contribution >= 4 is 17.8 Å². The summed E-state index contributed by atoms with van der Waals surface area (Å²) < 4.78 is 4.85. The molecule has 0 atom stereocenters. The van der Waals surface area contributed by atoms with Crippen molar-refractivity contribution in [2.45, 2.75) is 26.3 Å². The molecule has 2 amide bonds. The van der Waals surface area contributed by atoms with Crippen LogP contribution >= 0.6 is 0 Å². The van der Waals surface area contributed by atoms with Gasteiger partial charge >= 0.3 is 5.97 Å². The molecular formula is C21H24N2O4. The van der Waals surface area contributed by atoms with Gasteiger partial charge in [-0.1, -0.05) is 42.5 Å². The molecule has 0 bridgehead atoms. The van der Waals surface area contributed by atoms with E-state index < -0.39 is 17.4 Å². The molecule has 0 aliphatic rings. The Balaban J connectivity index is 1.80. The molecule has 0 heterocycles. The van der Waals surface area contributed by atoms with Crippen LogP contribution in [0.25, 0.3) is 11.1 Å². The lowest BCUT2D eigenvalue weighted by molar-refractivity contribution is -0.147. The van der Waals surface area contributed by atoms with E-state index >= 15 is 0 Å². The second kappa shape index (κ2) is 8.98. The largest absolute Gasteiger partial charge is 0.454 e. The van der Waals surface area contributed by atoms with E-state index in [1.807, 2.05) is 63.2 Å². The third kappa shape index (κ3) is 6.93. The molecule has 0 spiro atoms. The first-order valence-electron chi connectivity index (χ1n) is 8.65. The number of esters is 1. The molecule has 0 saturated heterocycles. The van der Waals surface area contributed by atoms with E-state index in [-0.39, 0.29) is 19.1 Å². The fraction of sp³-hybridized carbons (Fsp3) is 0.286. The fourth-order valence-electron chi connectivity index (χ4n) is 2.35. The van der Waals surface area contributed by atoms with Crippen LogP contribution in [-0.4, -0.2) is 36.5 Å². The van der Waals surface area contributed by atoms with Crippen LogP contribution in [0.4, 0.5) is 0 Å². The first kappa shape index (κ1) is 20.2. The van der Waals surface area contributed by atoms with E-state index in [0.29, 0.717) is 5.56 Å². The summed E-state index contributed by atoms with van der Waals surface area (Å²) in [6, 6.07) is 16.9. The van der Waals surface area contributed by atoms with E-state index in [4.69, 9.17) is 4.74 Å². The molecule has 0 unspecified atom stereocenters. The van der Waals surface area contributed by atoms with E-state index in [2.05, 4.69) is 10.6 Å². The Morgan fingerprint density at radius 1 is 0.889 bits per heavy atom. The van der Waals surface area contributed by atoms with Crippen LogP contribution in [-0.2, 0) is 14.3 Å². The summed E-state index contributed by atoms with van der Waals surface area (Å²) in [6.07, 6.45) is 0. The summed E-state index contributed by atoms with van der Waals surface area (Å²) in [6.45, 7) is 4.81. The minimum atomic E-state index is -0.673. The van der Waals surface area contributed by atoms with Gasteiger partial charge < -0.3 is 15.4 Å². The second-order valence-electron chi connectivity index (χ2n) is 7.08. The van der Waals surface area contributed by atoms with E-state index in [0.717, 1.165) is 11.1 Å². The molecule has 2 rings (SSSR count). The number of hydrogen-bond donors (Lipinski definition) is 2. The van der Waals surface area contributed by atoms with Crippen LogP contribution in [0.2, 0.25) is 0 Å². The van der Waals surface area contributed by atoms with Gasteiger partial charge in [0, 0.05) is 11.1 Å². The maximum atomic E-state index is 12.1. The number of nitrogens with one attached hydrogen (secondary N) is 2. The molecule has 0 aliphatic heterocycles. The summed E-state index contributed by atoms with van der Waals surface area (Å²) in [5.74, 6) is -1.45. The van der Waals surface area contributed by atoms with Gasteiger partial charge in [-0.15, -0.1) is 0 Å². The minimum Gasteiger partial charge on any atom is -0.454 e. The molecular weight excluding hydrogens is 344 g/mol. The molecule has 2 N–H and O–H groups in total. The zero-order valence-electron chi connectivity index (χ0n) is 15.7. The van der Waals surface area contributed by atoms with Crippen molar-refractivity contribution in [3.05, 3.63) is 60.2 Å². The monoisotopic (exact) mass is 368 g/mol.